The fourth-order valence-corrected chi connectivity index (χ4v) is 1.05. The lowest BCUT2D eigenvalue weighted by Crippen LogP contribution is -2.24. The van der Waals surface area contributed by atoms with Crippen LogP contribution in [0.3, 0.4) is 0 Å². The molecule has 0 fully saturated rings. The summed E-state index contributed by atoms with van der Waals surface area (Å²) in [5, 5.41) is 0. The maximum absolute atomic E-state index is 5.70. The Bertz CT molecular complexity index is 250. The van der Waals surface area contributed by atoms with Gasteiger partial charge in [0.1, 0.15) is 7.85 Å². The second-order valence-corrected chi connectivity index (χ2v) is 3.69. The molecule has 0 aliphatic carbocycles. The highest BCUT2D eigenvalue weighted by molar-refractivity contribution is 6.31. The van der Waals surface area contributed by atoms with Gasteiger partial charge in [0, 0.05) is 6.20 Å². The van der Waals surface area contributed by atoms with E-state index in [1.165, 1.54) is 0 Å². The molecule has 1 nitrogen and oxygen atoms in total. The first kappa shape index (κ1) is 8.31. The van der Waals surface area contributed by atoms with E-state index in [9.17, 15) is 0 Å². The van der Waals surface area contributed by atoms with Crippen LogP contribution in [0.2, 0.25) is 0 Å². The van der Waals surface area contributed by atoms with Crippen molar-refractivity contribution in [2.24, 2.45) is 0 Å². The van der Waals surface area contributed by atoms with Crippen LogP contribution in [0.1, 0.15) is 26.3 Å². The molecule has 2 heteroatoms. The van der Waals surface area contributed by atoms with Gasteiger partial charge >= 0.3 is 0 Å². The molecule has 11 heavy (non-hydrogen) atoms. The van der Waals surface area contributed by atoms with Gasteiger partial charge in [-0.2, -0.15) is 0 Å². The average molecular weight is 145 g/mol. The fourth-order valence-electron chi connectivity index (χ4n) is 1.05. The lowest BCUT2D eigenvalue weighted by atomic mass is 9.81. The third-order valence-corrected chi connectivity index (χ3v) is 1.65. The molecule has 1 rings (SSSR count). The molecule has 2 radical (unpaired) electrons. The smallest absolute Gasteiger partial charge is 0.142 e. The summed E-state index contributed by atoms with van der Waals surface area (Å²) in [7, 11) is 5.70. The molecule has 1 aromatic rings. The molecule has 0 unspecified atom stereocenters. The summed E-state index contributed by atoms with van der Waals surface area (Å²) in [5.41, 5.74) is 1.85. The van der Waals surface area contributed by atoms with E-state index in [2.05, 4.69) is 25.8 Å². The van der Waals surface area contributed by atoms with Gasteiger partial charge in [0.05, 0.1) is 0 Å². The van der Waals surface area contributed by atoms with E-state index in [0.717, 1.165) is 5.56 Å². The Morgan fingerprint density at radius 2 is 2.00 bits per heavy atom. The Kier molecular flexibility index (Phi) is 2.03. The molecule has 0 N–H and O–H groups in total. The van der Waals surface area contributed by atoms with Crippen molar-refractivity contribution in [2.45, 2.75) is 26.2 Å². The lowest BCUT2D eigenvalue weighted by molar-refractivity contribution is 0.592. The van der Waals surface area contributed by atoms with Crippen molar-refractivity contribution in [3.63, 3.8) is 0 Å². The van der Waals surface area contributed by atoms with E-state index >= 15 is 0 Å². The number of aromatic nitrogens is 1. The molecule has 0 saturated heterocycles. The van der Waals surface area contributed by atoms with E-state index in [1.807, 2.05) is 12.1 Å². The van der Waals surface area contributed by atoms with Crippen molar-refractivity contribution in [1.29, 1.82) is 0 Å². The summed E-state index contributed by atoms with van der Waals surface area (Å²) in [6, 6.07) is 3.93. The first-order chi connectivity index (χ1) is 5.02. The summed E-state index contributed by atoms with van der Waals surface area (Å²) < 4.78 is 0. The molecule has 0 aliphatic heterocycles. The molecule has 0 aromatic carbocycles. The van der Waals surface area contributed by atoms with Gasteiger partial charge in [-0.15, -0.1) is 0 Å². The molecule has 0 bridgehead atoms. The lowest BCUT2D eigenvalue weighted by Gasteiger charge is -2.20. The van der Waals surface area contributed by atoms with Gasteiger partial charge in [0.2, 0.25) is 0 Å². The summed E-state index contributed by atoms with van der Waals surface area (Å²) in [6.45, 7) is 6.38. The van der Waals surface area contributed by atoms with Crippen molar-refractivity contribution in [3.8, 4) is 0 Å². The minimum Gasteiger partial charge on any atom is -0.273 e. The molecule has 1 aromatic heterocycles. The molecule has 0 amide bonds. The number of rotatable bonds is 0. The van der Waals surface area contributed by atoms with Gasteiger partial charge < -0.3 is 0 Å². The van der Waals surface area contributed by atoms with Crippen LogP contribution in [0.5, 0.6) is 0 Å². The van der Waals surface area contributed by atoms with Gasteiger partial charge in [-0.3, -0.25) is 4.98 Å². The van der Waals surface area contributed by atoms with Crippen LogP contribution in [-0.4, -0.2) is 12.8 Å². The Morgan fingerprint density at radius 3 is 2.36 bits per heavy atom. The van der Waals surface area contributed by atoms with Crippen LogP contribution < -0.4 is 5.59 Å². The van der Waals surface area contributed by atoms with E-state index in [4.69, 9.17) is 7.85 Å². The number of nitrogens with zero attached hydrogens (tertiary/aromatic N) is 1. The highest BCUT2D eigenvalue weighted by Gasteiger charge is 2.15. The highest BCUT2D eigenvalue weighted by atomic mass is 14.6. The Hall–Kier alpha value is -0.785. The Labute approximate surface area is 69.3 Å². The van der Waals surface area contributed by atoms with Crippen LogP contribution in [0.25, 0.3) is 0 Å². The predicted molar refractivity (Wildman–Crippen MR) is 48.3 cm³/mol. The number of hydrogen-bond donors (Lipinski definition) is 0. The zero-order chi connectivity index (χ0) is 8.48. The van der Waals surface area contributed by atoms with Crippen LogP contribution in [0, 0.1) is 0 Å². The predicted octanol–water partition coefficient (Wildman–Crippen LogP) is 1.17. The zero-order valence-electron chi connectivity index (χ0n) is 7.26. The minimum atomic E-state index is 0.0956. The molecule has 56 valence electrons. The van der Waals surface area contributed by atoms with E-state index < -0.39 is 0 Å². The summed E-state index contributed by atoms with van der Waals surface area (Å²) in [5.74, 6) is 0. The van der Waals surface area contributed by atoms with E-state index in [1.54, 1.807) is 6.20 Å². The monoisotopic (exact) mass is 145 g/mol. The molecule has 0 spiro atoms. The summed E-state index contributed by atoms with van der Waals surface area (Å²) in [4.78, 5) is 4.02. The molecule has 1 heterocycles. The third kappa shape index (κ3) is 1.82. The maximum Gasteiger partial charge on any atom is 0.142 e. The maximum atomic E-state index is 5.70. The normalized spacial score (nSPS) is 11.5. The standard InChI is InChI=1S/C9H12BN/c1-9(2,3)7-5-4-6-11-8(7)10/h4-6H,1-3H3. The minimum absolute atomic E-state index is 0.0956. The Morgan fingerprint density at radius 1 is 1.36 bits per heavy atom. The van der Waals surface area contributed by atoms with Gasteiger partial charge in [-0.1, -0.05) is 26.8 Å². The van der Waals surface area contributed by atoms with Gasteiger partial charge in [-0.25, -0.2) is 0 Å². The van der Waals surface area contributed by atoms with Gasteiger partial charge in [-0.05, 0) is 22.6 Å². The quantitative estimate of drug-likeness (QED) is 0.499. The van der Waals surface area contributed by atoms with Crippen molar-refractivity contribution in [2.75, 3.05) is 0 Å². The number of hydrogen-bond acceptors (Lipinski definition) is 1. The van der Waals surface area contributed by atoms with Crippen molar-refractivity contribution < 1.29 is 0 Å². The van der Waals surface area contributed by atoms with Gasteiger partial charge in [0.15, 0.2) is 0 Å². The Balaban J connectivity index is 3.14. The average Bonchev–Trinajstić information content (AvgIpc) is 1.86. The van der Waals surface area contributed by atoms with Crippen LogP contribution in [-0.2, 0) is 5.41 Å². The van der Waals surface area contributed by atoms with Crippen molar-refractivity contribution in [1.82, 2.24) is 4.98 Å². The summed E-state index contributed by atoms with van der Waals surface area (Å²) in [6.07, 6.45) is 1.71. The van der Waals surface area contributed by atoms with Crippen molar-refractivity contribution in [3.05, 3.63) is 23.9 Å². The topological polar surface area (TPSA) is 12.9 Å². The summed E-state index contributed by atoms with van der Waals surface area (Å²) >= 11 is 0. The van der Waals surface area contributed by atoms with Crippen LogP contribution in [0.15, 0.2) is 18.3 Å². The first-order valence-electron chi connectivity index (χ1n) is 3.73. The molecule has 0 aliphatic rings. The SMILES string of the molecule is [B]c1ncccc1C(C)(C)C. The second kappa shape index (κ2) is 2.69. The largest absolute Gasteiger partial charge is 0.273 e. The van der Waals surface area contributed by atoms with E-state index in [-0.39, 0.29) is 5.41 Å². The first-order valence-corrected chi connectivity index (χ1v) is 3.73. The van der Waals surface area contributed by atoms with Crippen LogP contribution >= 0.6 is 0 Å². The highest BCUT2D eigenvalue weighted by Crippen LogP contribution is 2.18. The molecular weight excluding hydrogens is 133 g/mol. The number of pyridine rings is 1. The fraction of sp³-hybridized carbons (Fsp3) is 0.444. The van der Waals surface area contributed by atoms with Crippen molar-refractivity contribution >= 4 is 13.4 Å². The third-order valence-electron chi connectivity index (χ3n) is 1.65. The zero-order valence-corrected chi connectivity index (χ0v) is 7.26. The molecule has 0 atom stereocenters. The van der Waals surface area contributed by atoms with Gasteiger partial charge in [0.25, 0.3) is 0 Å². The second-order valence-electron chi connectivity index (χ2n) is 3.69. The molecular formula is C9H12BN. The van der Waals surface area contributed by atoms with Crippen LogP contribution in [0.4, 0.5) is 0 Å². The molecule has 0 saturated carbocycles. The van der Waals surface area contributed by atoms with E-state index in [0.29, 0.717) is 5.59 Å².